The molecule has 1 N–H and O–H groups in total. The van der Waals surface area contributed by atoms with E-state index in [4.69, 9.17) is 4.42 Å². The molecule has 2 amide bonds. The van der Waals surface area contributed by atoms with Crippen molar-refractivity contribution in [1.82, 2.24) is 24.7 Å². The molecule has 2 aliphatic heterocycles. The number of imidazole rings is 1. The van der Waals surface area contributed by atoms with Crippen LogP contribution in [0.2, 0.25) is 0 Å². The second kappa shape index (κ2) is 7.33. The first kappa shape index (κ1) is 19.7. The first-order valence-electron chi connectivity index (χ1n) is 10.2. The van der Waals surface area contributed by atoms with Crippen molar-refractivity contribution in [2.24, 2.45) is 7.05 Å². The predicted octanol–water partition coefficient (Wildman–Crippen LogP) is 1.74. The molecule has 2 aliphatic rings. The van der Waals surface area contributed by atoms with Crippen molar-refractivity contribution in [2.45, 2.75) is 44.7 Å². The second-order valence-electron chi connectivity index (χ2n) is 8.41. The van der Waals surface area contributed by atoms with E-state index in [1.807, 2.05) is 25.8 Å². The van der Waals surface area contributed by atoms with E-state index in [0.717, 1.165) is 43.8 Å². The Morgan fingerprint density at radius 3 is 2.72 bits per heavy atom. The third-order valence-electron chi connectivity index (χ3n) is 6.57. The standard InChI is InChI=1S/C21H29N5O3/c1-14-10-16(11-29-14)20(28)26-8-5-7-21(12-26)17(6-9-25(21)4)23-19(27)18-15(2)22-13-24(18)3/h10-11,13,17H,5-9,12H2,1-4H3,(H,23,27). The van der Waals surface area contributed by atoms with Gasteiger partial charge in [-0.1, -0.05) is 0 Å². The predicted molar refractivity (Wildman–Crippen MR) is 108 cm³/mol. The van der Waals surface area contributed by atoms with Gasteiger partial charge in [0, 0.05) is 26.7 Å². The zero-order valence-corrected chi connectivity index (χ0v) is 17.6. The molecule has 0 bridgehead atoms. The van der Waals surface area contributed by atoms with Gasteiger partial charge >= 0.3 is 0 Å². The van der Waals surface area contributed by atoms with Crippen LogP contribution < -0.4 is 5.32 Å². The highest BCUT2D eigenvalue weighted by Gasteiger charge is 2.50. The van der Waals surface area contributed by atoms with E-state index in [-0.39, 0.29) is 23.4 Å². The monoisotopic (exact) mass is 399 g/mol. The number of carbonyl (C=O) groups excluding carboxylic acids is 2. The molecule has 0 aliphatic carbocycles. The molecule has 4 rings (SSSR count). The van der Waals surface area contributed by atoms with E-state index < -0.39 is 0 Å². The molecule has 0 aromatic carbocycles. The van der Waals surface area contributed by atoms with Gasteiger partial charge in [-0.05, 0) is 46.2 Å². The maximum absolute atomic E-state index is 13.0. The normalized spacial score (nSPS) is 25.0. The largest absolute Gasteiger partial charge is 0.469 e. The molecule has 8 nitrogen and oxygen atoms in total. The van der Waals surface area contributed by atoms with Gasteiger partial charge in [0.15, 0.2) is 0 Å². The van der Waals surface area contributed by atoms with E-state index in [1.165, 1.54) is 6.26 Å². The van der Waals surface area contributed by atoms with Crippen LogP contribution in [0.15, 0.2) is 23.1 Å². The van der Waals surface area contributed by atoms with Gasteiger partial charge in [0.05, 0.1) is 29.2 Å². The lowest BCUT2D eigenvalue weighted by Gasteiger charge is -2.47. The summed E-state index contributed by atoms with van der Waals surface area (Å²) < 4.78 is 7.09. The molecule has 29 heavy (non-hydrogen) atoms. The van der Waals surface area contributed by atoms with Crippen LogP contribution in [0.25, 0.3) is 0 Å². The SMILES string of the molecule is Cc1cc(C(=O)N2CCCC3(C2)C(NC(=O)c2c(C)ncn2C)CCN3C)co1. The smallest absolute Gasteiger partial charge is 0.270 e. The van der Waals surface area contributed by atoms with Crippen LogP contribution in [0.5, 0.6) is 0 Å². The number of likely N-dealkylation sites (N-methyl/N-ethyl adjacent to an activating group) is 1. The van der Waals surface area contributed by atoms with Crippen molar-refractivity contribution < 1.29 is 14.0 Å². The minimum absolute atomic E-state index is 0.00576. The lowest BCUT2D eigenvalue weighted by Crippen LogP contribution is -2.64. The number of piperidine rings is 1. The zero-order chi connectivity index (χ0) is 20.8. The average Bonchev–Trinajstić information content (AvgIpc) is 3.36. The van der Waals surface area contributed by atoms with Crippen LogP contribution in [-0.2, 0) is 7.05 Å². The number of hydrogen-bond donors (Lipinski definition) is 1. The fraction of sp³-hybridized carbons (Fsp3) is 0.571. The highest BCUT2D eigenvalue weighted by Crippen LogP contribution is 2.37. The van der Waals surface area contributed by atoms with Gasteiger partial charge in [-0.3, -0.25) is 14.5 Å². The van der Waals surface area contributed by atoms with Crippen LogP contribution in [0.1, 0.15) is 51.6 Å². The Bertz CT molecular complexity index is 913. The van der Waals surface area contributed by atoms with Crippen LogP contribution >= 0.6 is 0 Å². The Morgan fingerprint density at radius 1 is 1.28 bits per heavy atom. The number of nitrogens with zero attached hydrogens (tertiary/aromatic N) is 4. The van der Waals surface area contributed by atoms with Crippen molar-refractivity contribution in [1.29, 1.82) is 0 Å². The van der Waals surface area contributed by atoms with Crippen LogP contribution in [-0.4, -0.2) is 69.4 Å². The summed E-state index contributed by atoms with van der Waals surface area (Å²) in [6, 6.07) is 1.77. The van der Waals surface area contributed by atoms with Gasteiger partial charge in [0.1, 0.15) is 17.7 Å². The highest BCUT2D eigenvalue weighted by molar-refractivity contribution is 5.95. The maximum Gasteiger partial charge on any atom is 0.270 e. The minimum atomic E-state index is -0.255. The number of amides is 2. The Balaban J connectivity index is 1.55. The van der Waals surface area contributed by atoms with E-state index in [1.54, 1.807) is 17.0 Å². The van der Waals surface area contributed by atoms with Crippen molar-refractivity contribution >= 4 is 11.8 Å². The molecule has 8 heteroatoms. The van der Waals surface area contributed by atoms with Gasteiger partial charge < -0.3 is 19.2 Å². The number of nitrogens with one attached hydrogen (secondary N) is 1. The molecule has 156 valence electrons. The van der Waals surface area contributed by atoms with Crippen molar-refractivity contribution in [3.05, 3.63) is 41.4 Å². The van der Waals surface area contributed by atoms with Gasteiger partial charge in [0.25, 0.3) is 11.8 Å². The second-order valence-corrected chi connectivity index (χ2v) is 8.41. The zero-order valence-electron chi connectivity index (χ0n) is 17.6. The summed E-state index contributed by atoms with van der Waals surface area (Å²) in [7, 11) is 3.93. The third-order valence-corrected chi connectivity index (χ3v) is 6.57. The van der Waals surface area contributed by atoms with Crippen molar-refractivity contribution in [3.63, 3.8) is 0 Å². The Morgan fingerprint density at radius 2 is 2.07 bits per heavy atom. The molecule has 2 aromatic rings. The number of carbonyl (C=O) groups is 2. The van der Waals surface area contributed by atoms with Gasteiger partial charge in [-0.2, -0.15) is 0 Å². The topological polar surface area (TPSA) is 83.6 Å². The van der Waals surface area contributed by atoms with Crippen LogP contribution in [0.3, 0.4) is 0 Å². The Labute approximate surface area is 170 Å². The third kappa shape index (κ3) is 3.35. The molecule has 0 saturated carbocycles. The lowest BCUT2D eigenvalue weighted by molar-refractivity contribution is 0.0315. The van der Waals surface area contributed by atoms with E-state index in [9.17, 15) is 9.59 Å². The lowest BCUT2D eigenvalue weighted by atomic mass is 9.82. The fourth-order valence-corrected chi connectivity index (χ4v) is 4.96. The van der Waals surface area contributed by atoms with Crippen LogP contribution in [0, 0.1) is 13.8 Å². The molecule has 2 atom stereocenters. The van der Waals surface area contributed by atoms with Gasteiger partial charge in [-0.25, -0.2) is 4.98 Å². The van der Waals surface area contributed by atoms with E-state index >= 15 is 0 Å². The molecule has 1 spiro atoms. The Hall–Kier alpha value is -2.61. The first-order chi connectivity index (χ1) is 13.8. The molecular formula is C21H29N5O3. The summed E-state index contributed by atoms with van der Waals surface area (Å²) in [5.74, 6) is 0.625. The molecule has 4 heterocycles. The van der Waals surface area contributed by atoms with E-state index in [2.05, 4.69) is 22.2 Å². The highest BCUT2D eigenvalue weighted by atomic mass is 16.3. The van der Waals surface area contributed by atoms with Crippen molar-refractivity contribution in [3.8, 4) is 0 Å². The van der Waals surface area contributed by atoms with Crippen molar-refractivity contribution in [2.75, 3.05) is 26.7 Å². The molecular weight excluding hydrogens is 370 g/mol. The summed E-state index contributed by atoms with van der Waals surface area (Å²) in [5, 5.41) is 3.26. The number of aryl methyl sites for hydroxylation is 3. The summed E-state index contributed by atoms with van der Waals surface area (Å²) in [4.78, 5) is 34.5. The number of hydrogen-bond acceptors (Lipinski definition) is 5. The average molecular weight is 399 g/mol. The molecule has 2 aromatic heterocycles. The minimum Gasteiger partial charge on any atom is -0.469 e. The first-order valence-corrected chi connectivity index (χ1v) is 10.2. The number of rotatable bonds is 3. The summed E-state index contributed by atoms with van der Waals surface area (Å²) in [6.07, 6.45) is 5.92. The number of furan rings is 1. The molecule has 0 radical (unpaired) electrons. The maximum atomic E-state index is 13.0. The quantitative estimate of drug-likeness (QED) is 0.850. The van der Waals surface area contributed by atoms with Gasteiger partial charge in [0.2, 0.25) is 0 Å². The molecule has 2 fully saturated rings. The number of likely N-dealkylation sites (tertiary alicyclic amines) is 2. The molecule has 2 unspecified atom stereocenters. The van der Waals surface area contributed by atoms with E-state index in [0.29, 0.717) is 17.8 Å². The summed E-state index contributed by atoms with van der Waals surface area (Å²) in [6.45, 7) is 5.90. The summed E-state index contributed by atoms with van der Waals surface area (Å²) >= 11 is 0. The fourth-order valence-electron chi connectivity index (χ4n) is 4.96. The molecule has 2 saturated heterocycles. The Kier molecular flexibility index (Phi) is 4.98. The van der Waals surface area contributed by atoms with Crippen LogP contribution in [0.4, 0.5) is 0 Å². The number of aromatic nitrogens is 2. The van der Waals surface area contributed by atoms with Gasteiger partial charge in [-0.15, -0.1) is 0 Å². The summed E-state index contributed by atoms with van der Waals surface area (Å²) in [5.41, 5.74) is 1.65.